The van der Waals surface area contributed by atoms with E-state index in [1.165, 1.54) is 0 Å². The fourth-order valence-electron chi connectivity index (χ4n) is 1.11. The minimum Gasteiger partial charge on any atom is -0.383 e. The van der Waals surface area contributed by atoms with Crippen molar-refractivity contribution in [1.29, 1.82) is 10.5 Å². The van der Waals surface area contributed by atoms with E-state index in [-0.39, 0.29) is 0 Å². The Morgan fingerprint density at radius 3 is 2.15 bits per heavy atom. The lowest BCUT2D eigenvalue weighted by Gasteiger charge is -2.06. The van der Waals surface area contributed by atoms with Gasteiger partial charge in [-0.15, -0.1) is 0 Å². The highest BCUT2D eigenvalue weighted by molar-refractivity contribution is 5.66. The molecule has 0 bridgehead atoms. The van der Waals surface area contributed by atoms with E-state index in [2.05, 4.69) is 5.32 Å². The van der Waals surface area contributed by atoms with E-state index in [0.29, 0.717) is 23.4 Å². The van der Waals surface area contributed by atoms with Gasteiger partial charge in [-0.25, -0.2) is 0 Å². The highest BCUT2D eigenvalue weighted by Gasteiger charge is 2.05. The molecule has 1 aromatic carbocycles. The summed E-state index contributed by atoms with van der Waals surface area (Å²) in [7, 11) is 0. The minimum absolute atomic E-state index is 0.515. The maximum absolute atomic E-state index is 8.77. The molecule has 0 aliphatic carbocycles. The molecule has 0 radical (unpaired) electrons. The van der Waals surface area contributed by atoms with Gasteiger partial charge in [0.1, 0.15) is 12.1 Å². The first-order valence-electron chi connectivity index (χ1n) is 4.00. The molecule has 0 aromatic heterocycles. The second kappa shape index (κ2) is 4.13. The van der Waals surface area contributed by atoms with Crippen LogP contribution in [0.4, 0.5) is 5.69 Å². The maximum Gasteiger partial charge on any atom is 0.101 e. The molecule has 0 amide bonds. The Balaban J connectivity index is 3.25. The van der Waals surface area contributed by atoms with Gasteiger partial charge in [0.15, 0.2) is 0 Å². The van der Waals surface area contributed by atoms with Crippen LogP contribution in [0.3, 0.4) is 0 Å². The van der Waals surface area contributed by atoms with Gasteiger partial charge in [-0.2, -0.15) is 10.5 Å². The number of hydrogen-bond acceptors (Lipinski definition) is 3. The van der Waals surface area contributed by atoms with Crippen LogP contribution >= 0.6 is 0 Å². The van der Waals surface area contributed by atoms with Gasteiger partial charge in [0.05, 0.1) is 16.8 Å². The molecule has 0 aliphatic rings. The molecule has 0 heterocycles. The second-order valence-corrected chi connectivity index (χ2v) is 2.48. The molecule has 0 unspecified atom stereocenters. The maximum atomic E-state index is 8.77. The number of hydrogen-bond donors (Lipinski definition) is 1. The summed E-state index contributed by atoms with van der Waals surface area (Å²) in [6, 6.07) is 9.18. The minimum atomic E-state index is 0.515. The van der Waals surface area contributed by atoms with Crippen LogP contribution in [0.15, 0.2) is 18.2 Å². The highest BCUT2D eigenvalue weighted by Crippen LogP contribution is 2.19. The third-order valence-corrected chi connectivity index (χ3v) is 1.66. The van der Waals surface area contributed by atoms with Crippen molar-refractivity contribution in [3.8, 4) is 12.1 Å². The summed E-state index contributed by atoms with van der Waals surface area (Å²) in [6.07, 6.45) is 0. The van der Waals surface area contributed by atoms with Crippen LogP contribution in [0.5, 0.6) is 0 Å². The molecule has 0 aliphatic heterocycles. The number of nitriles is 2. The number of anilines is 1. The van der Waals surface area contributed by atoms with Crippen LogP contribution < -0.4 is 5.32 Å². The van der Waals surface area contributed by atoms with Crippen molar-refractivity contribution in [2.45, 2.75) is 6.92 Å². The Kier molecular flexibility index (Phi) is 2.89. The van der Waals surface area contributed by atoms with Gasteiger partial charge in [-0.05, 0) is 19.1 Å². The Bertz CT molecular complexity index is 350. The summed E-state index contributed by atoms with van der Waals surface area (Å²) in [5.74, 6) is 0. The molecule has 0 atom stereocenters. The predicted octanol–water partition coefficient (Wildman–Crippen LogP) is 1.86. The zero-order valence-corrected chi connectivity index (χ0v) is 7.33. The van der Waals surface area contributed by atoms with Crippen LogP contribution in [0.2, 0.25) is 0 Å². The highest BCUT2D eigenvalue weighted by atomic mass is 14.9. The number of benzene rings is 1. The second-order valence-electron chi connectivity index (χ2n) is 2.48. The van der Waals surface area contributed by atoms with Crippen LogP contribution in [-0.4, -0.2) is 6.54 Å². The molecule has 3 heteroatoms. The lowest BCUT2D eigenvalue weighted by molar-refractivity contribution is 1.20. The van der Waals surface area contributed by atoms with E-state index < -0.39 is 0 Å². The van der Waals surface area contributed by atoms with Crippen LogP contribution in [0.25, 0.3) is 0 Å². The summed E-state index contributed by atoms with van der Waals surface area (Å²) in [6.45, 7) is 2.63. The Morgan fingerprint density at radius 1 is 1.23 bits per heavy atom. The Labute approximate surface area is 77.2 Å². The molecule has 0 saturated heterocycles. The molecule has 3 nitrogen and oxygen atoms in total. The Morgan fingerprint density at radius 2 is 1.77 bits per heavy atom. The molecule has 13 heavy (non-hydrogen) atoms. The van der Waals surface area contributed by atoms with Crippen LogP contribution in [0.1, 0.15) is 18.1 Å². The zero-order valence-electron chi connectivity index (χ0n) is 7.33. The number of nitrogens with zero attached hydrogens (tertiary/aromatic N) is 2. The summed E-state index contributed by atoms with van der Waals surface area (Å²) in [5.41, 5.74) is 1.66. The number of rotatable bonds is 2. The molecule has 0 saturated carbocycles. The fourth-order valence-corrected chi connectivity index (χ4v) is 1.11. The van der Waals surface area contributed by atoms with Gasteiger partial charge >= 0.3 is 0 Å². The van der Waals surface area contributed by atoms with Crippen LogP contribution in [0, 0.1) is 22.7 Å². The lowest BCUT2D eigenvalue weighted by Crippen LogP contribution is -2.01. The van der Waals surface area contributed by atoms with Crippen molar-refractivity contribution < 1.29 is 0 Å². The molecule has 1 N–H and O–H groups in total. The van der Waals surface area contributed by atoms with Crippen molar-refractivity contribution in [1.82, 2.24) is 0 Å². The van der Waals surface area contributed by atoms with Gasteiger partial charge in [0.2, 0.25) is 0 Å². The largest absolute Gasteiger partial charge is 0.383 e. The topological polar surface area (TPSA) is 59.6 Å². The summed E-state index contributed by atoms with van der Waals surface area (Å²) in [5, 5.41) is 20.5. The van der Waals surface area contributed by atoms with Gasteiger partial charge in [0.25, 0.3) is 0 Å². The third kappa shape index (κ3) is 1.77. The van der Waals surface area contributed by atoms with E-state index >= 15 is 0 Å². The third-order valence-electron chi connectivity index (χ3n) is 1.66. The van der Waals surface area contributed by atoms with Gasteiger partial charge in [0, 0.05) is 6.54 Å². The first-order chi connectivity index (χ1) is 6.33. The lowest BCUT2D eigenvalue weighted by atomic mass is 10.1. The van der Waals surface area contributed by atoms with Crippen molar-refractivity contribution >= 4 is 5.69 Å². The van der Waals surface area contributed by atoms with Crippen molar-refractivity contribution in [2.75, 3.05) is 11.9 Å². The SMILES string of the molecule is CCNc1c(C#N)cccc1C#N. The predicted molar refractivity (Wildman–Crippen MR) is 50.0 cm³/mol. The van der Waals surface area contributed by atoms with E-state index in [9.17, 15) is 0 Å². The number of para-hydroxylation sites is 1. The fraction of sp³-hybridized carbons (Fsp3) is 0.200. The Hall–Kier alpha value is -2.00. The van der Waals surface area contributed by atoms with E-state index in [1.807, 2.05) is 19.1 Å². The summed E-state index contributed by atoms with van der Waals surface area (Å²) >= 11 is 0. The first-order valence-corrected chi connectivity index (χ1v) is 4.00. The molecule has 1 aromatic rings. The van der Waals surface area contributed by atoms with Crippen molar-refractivity contribution in [2.24, 2.45) is 0 Å². The molecule has 1 rings (SSSR count). The normalized spacial score (nSPS) is 8.54. The van der Waals surface area contributed by atoms with Gasteiger partial charge < -0.3 is 5.32 Å². The number of nitrogens with one attached hydrogen (secondary N) is 1. The molecule has 64 valence electrons. The molecular formula is C10H9N3. The van der Waals surface area contributed by atoms with E-state index in [4.69, 9.17) is 10.5 Å². The first kappa shape index (κ1) is 9.09. The van der Waals surface area contributed by atoms with Gasteiger partial charge in [-0.3, -0.25) is 0 Å². The molecular weight excluding hydrogens is 162 g/mol. The van der Waals surface area contributed by atoms with E-state index in [1.54, 1.807) is 18.2 Å². The van der Waals surface area contributed by atoms with Crippen molar-refractivity contribution in [3.05, 3.63) is 29.3 Å². The average molecular weight is 171 g/mol. The summed E-state index contributed by atoms with van der Waals surface area (Å²) in [4.78, 5) is 0. The van der Waals surface area contributed by atoms with Gasteiger partial charge in [-0.1, -0.05) is 6.07 Å². The summed E-state index contributed by atoms with van der Waals surface area (Å²) < 4.78 is 0. The molecule has 0 fully saturated rings. The monoisotopic (exact) mass is 171 g/mol. The molecule has 0 spiro atoms. The quantitative estimate of drug-likeness (QED) is 0.738. The smallest absolute Gasteiger partial charge is 0.101 e. The van der Waals surface area contributed by atoms with Crippen LogP contribution in [-0.2, 0) is 0 Å². The van der Waals surface area contributed by atoms with E-state index in [0.717, 1.165) is 0 Å². The zero-order chi connectivity index (χ0) is 9.68. The van der Waals surface area contributed by atoms with Crippen molar-refractivity contribution in [3.63, 3.8) is 0 Å². The average Bonchev–Trinajstić information content (AvgIpc) is 2.18. The standard InChI is InChI=1S/C10H9N3/c1-2-13-10-8(6-11)4-3-5-9(10)7-12/h3-5,13H,2H2,1H3.